The Morgan fingerprint density at radius 3 is 2.69 bits per heavy atom. The Labute approximate surface area is 96.3 Å². The van der Waals surface area contributed by atoms with E-state index in [1.807, 2.05) is 33.8 Å². The predicted octanol–water partition coefficient (Wildman–Crippen LogP) is 2.16. The van der Waals surface area contributed by atoms with Crippen molar-refractivity contribution in [1.29, 1.82) is 5.41 Å². The third-order valence-electron chi connectivity index (χ3n) is 2.47. The van der Waals surface area contributed by atoms with Crippen molar-refractivity contribution < 1.29 is 4.74 Å². The highest BCUT2D eigenvalue weighted by Crippen LogP contribution is 2.21. The van der Waals surface area contributed by atoms with Crippen LogP contribution in [0.1, 0.15) is 37.1 Å². The van der Waals surface area contributed by atoms with Crippen LogP contribution in [0.2, 0.25) is 0 Å². The van der Waals surface area contributed by atoms with E-state index in [1.165, 1.54) is 0 Å². The van der Waals surface area contributed by atoms with Crippen LogP contribution in [0.4, 0.5) is 0 Å². The van der Waals surface area contributed by atoms with E-state index >= 15 is 0 Å². The van der Waals surface area contributed by atoms with Gasteiger partial charge in [0, 0.05) is 5.69 Å². The molecule has 1 aromatic heterocycles. The number of aryl methyl sites for hydroxylation is 2. The van der Waals surface area contributed by atoms with Crippen LogP contribution < -0.4 is 10.5 Å². The summed E-state index contributed by atoms with van der Waals surface area (Å²) in [5.74, 6) is 0.475. The van der Waals surface area contributed by atoms with Crippen molar-refractivity contribution in [1.82, 2.24) is 4.98 Å². The lowest BCUT2D eigenvalue weighted by Crippen LogP contribution is -2.19. The number of nitrogens with one attached hydrogen (secondary N) is 1. The number of rotatable bonds is 4. The van der Waals surface area contributed by atoms with E-state index in [0.29, 0.717) is 11.4 Å². The molecule has 0 radical (unpaired) electrons. The van der Waals surface area contributed by atoms with Gasteiger partial charge in [0.15, 0.2) is 0 Å². The standard InChI is InChI=1S/C12H19N3O/c1-5-9(4)16-12-10(11(13)14)7(2)6-8(3)15-12/h6,9H,5H2,1-4H3,(H3,13,14). The normalized spacial score (nSPS) is 12.2. The molecule has 4 heteroatoms. The molecule has 0 saturated heterocycles. The Bertz CT molecular complexity index is 401. The molecule has 0 aliphatic carbocycles. The highest BCUT2D eigenvalue weighted by atomic mass is 16.5. The SMILES string of the molecule is CCC(C)Oc1nc(C)cc(C)c1C(=N)N. The van der Waals surface area contributed by atoms with Gasteiger partial charge in [-0.25, -0.2) is 4.98 Å². The average Bonchev–Trinajstić information content (AvgIpc) is 2.15. The molecule has 4 nitrogen and oxygen atoms in total. The van der Waals surface area contributed by atoms with Gasteiger partial charge in [-0.3, -0.25) is 5.41 Å². The molecule has 0 aliphatic rings. The van der Waals surface area contributed by atoms with E-state index in [4.69, 9.17) is 15.9 Å². The third kappa shape index (κ3) is 2.72. The molecular weight excluding hydrogens is 202 g/mol. The zero-order valence-corrected chi connectivity index (χ0v) is 10.3. The van der Waals surface area contributed by atoms with Crippen molar-refractivity contribution in [2.75, 3.05) is 0 Å². The van der Waals surface area contributed by atoms with Crippen LogP contribution in [0, 0.1) is 19.3 Å². The minimum absolute atomic E-state index is 0.00306. The fraction of sp³-hybridized carbons (Fsp3) is 0.500. The minimum atomic E-state index is 0.00306. The molecule has 1 heterocycles. The first-order valence-electron chi connectivity index (χ1n) is 5.45. The monoisotopic (exact) mass is 221 g/mol. The Morgan fingerprint density at radius 1 is 1.56 bits per heavy atom. The molecule has 1 unspecified atom stereocenters. The van der Waals surface area contributed by atoms with Gasteiger partial charge in [0.1, 0.15) is 5.84 Å². The first kappa shape index (κ1) is 12.5. The fourth-order valence-corrected chi connectivity index (χ4v) is 1.49. The molecule has 0 fully saturated rings. The van der Waals surface area contributed by atoms with Gasteiger partial charge in [-0.2, -0.15) is 0 Å². The molecule has 0 amide bonds. The summed E-state index contributed by atoms with van der Waals surface area (Å²) in [7, 11) is 0. The smallest absolute Gasteiger partial charge is 0.225 e. The second-order valence-corrected chi connectivity index (χ2v) is 4.01. The zero-order chi connectivity index (χ0) is 12.3. The van der Waals surface area contributed by atoms with Crippen LogP contribution in [-0.4, -0.2) is 16.9 Å². The summed E-state index contributed by atoms with van der Waals surface area (Å²) < 4.78 is 5.69. The molecular formula is C12H19N3O. The largest absolute Gasteiger partial charge is 0.474 e. The lowest BCUT2D eigenvalue weighted by Gasteiger charge is -2.16. The number of nitrogens with zero attached hydrogens (tertiary/aromatic N) is 1. The summed E-state index contributed by atoms with van der Waals surface area (Å²) in [6, 6.07) is 1.90. The van der Waals surface area contributed by atoms with Crippen molar-refractivity contribution in [3.8, 4) is 5.88 Å². The lowest BCUT2D eigenvalue weighted by atomic mass is 10.1. The summed E-state index contributed by atoms with van der Waals surface area (Å²) in [6.45, 7) is 7.83. The van der Waals surface area contributed by atoms with Crippen molar-refractivity contribution >= 4 is 5.84 Å². The van der Waals surface area contributed by atoms with E-state index < -0.39 is 0 Å². The number of nitrogen functional groups attached to an aromatic ring is 1. The number of pyridine rings is 1. The maximum atomic E-state index is 7.55. The average molecular weight is 221 g/mol. The third-order valence-corrected chi connectivity index (χ3v) is 2.47. The maximum absolute atomic E-state index is 7.55. The Balaban J connectivity index is 3.19. The van der Waals surface area contributed by atoms with Crippen molar-refractivity contribution in [3.05, 3.63) is 22.9 Å². The molecule has 1 rings (SSSR count). The first-order valence-corrected chi connectivity index (χ1v) is 5.45. The summed E-state index contributed by atoms with van der Waals surface area (Å²) in [6.07, 6.45) is 0.971. The van der Waals surface area contributed by atoms with Gasteiger partial charge in [0.2, 0.25) is 5.88 Å². The summed E-state index contributed by atoms with van der Waals surface area (Å²) in [4.78, 5) is 4.30. The number of aromatic nitrogens is 1. The van der Waals surface area contributed by atoms with E-state index in [-0.39, 0.29) is 11.9 Å². The summed E-state index contributed by atoms with van der Waals surface area (Å²) in [5, 5.41) is 7.55. The molecule has 0 aromatic carbocycles. The molecule has 1 aromatic rings. The molecule has 3 N–H and O–H groups in total. The Kier molecular flexibility index (Phi) is 3.88. The highest BCUT2D eigenvalue weighted by molar-refractivity contribution is 5.98. The van der Waals surface area contributed by atoms with E-state index in [1.54, 1.807) is 0 Å². The molecule has 0 spiro atoms. The van der Waals surface area contributed by atoms with Crippen molar-refractivity contribution in [3.63, 3.8) is 0 Å². The molecule has 0 aliphatic heterocycles. The first-order chi connectivity index (χ1) is 7.45. The molecule has 0 saturated carbocycles. The molecule has 16 heavy (non-hydrogen) atoms. The van der Waals surface area contributed by atoms with Gasteiger partial charge in [0.25, 0.3) is 0 Å². The van der Waals surface area contributed by atoms with Gasteiger partial charge < -0.3 is 10.5 Å². The fourth-order valence-electron chi connectivity index (χ4n) is 1.49. The molecule has 0 bridgehead atoms. The quantitative estimate of drug-likeness (QED) is 0.604. The lowest BCUT2D eigenvalue weighted by molar-refractivity contribution is 0.207. The van der Waals surface area contributed by atoms with Crippen LogP contribution in [0.5, 0.6) is 5.88 Å². The van der Waals surface area contributed by atoms with E-state index in [9.17, 15) is 0 Å². The number of ether oxygens (including phenoxy) is 1. The van der Waals surface area contributed by atoms with Gasteiger partial charge in [-0.05, 0) is 38.8 Å². The van der Waals surface area contributed by atoms with Gasteiger partial charge >= 0.3 is 0 Å². The molecule has 88 valence electrons. The van der Waals surface area contributed by atoms with Crippen LogP contribution >= 0.6 is 0 Å². The summed E-state index contributed by atoms with van der Waals surface area (Å²) in [5.41, 5.74) is 7.95. The number of hydrogen-bond acceptors (Lipinski definition) is 3. The van der Waals surface area contributed by atoms with Gasteiger partial charge in [-0.15, -0.1) is 0 Å². The van der Waals surface area contributed by atoms with Crippen LogP contribution in [-0.2, 0) is 0 Å². The second kappa shape index (κ2) is 4.96. The van der Waals surface area contributed by atoms with Crippen molar-refractivity contribution in [2.24, 2.45) is 5.73 Å². The Hall–Kier alpha value is -1.58. The van der Waals surface area contributed by atoms with Gasteiger partial charge in [0.05, 0.1) is 11.7 Å². The Morgan fingerprint density at radius 2 is 2.19 bits per heavy atom. The van der Waals surface area contributed by atoms with E-state index in [0.717, 1.165) is 17.7 Å². The predicted molar refractivity (Wildman–Crippen MR) is 65.1 cm³/mol. The minimum Gasteiger partial charge on any atom is -0.474 e. The van der Waals surface area contributed by atoms with Crippen LogP contribution in [0.3, 0.4) is 0 Å². The number of amidine groups is 1. The molecule has 1 atom stereocenters. The van der Waals surface area contributed by atoms with Crippen LogP contribution in [0.15, 0.2) is 6.07 Å². The van der Waals surface area contributed by atoms with Crippen LogP contribution in [0.25, 0.3) is 0 Å². The zero-order valence-electron chi connectivity index (χ0n) is 10.3. The number of hydrogen-bond donors (Lipinski definition) is 2. The van der Waals surface area contributed by atoms with Gasteiger partial charge in [-0.1, -0.05) is 6.92 Å². The summed E-state index contributed by atoms with van der Waals surface area (Å²) >= 11 is 0. The topological polar surface area (TPSA) is 72.0 Å². The van der Waals surface area contributed by atoms with E-state index in [2.05, 4.69) is 4.98 Å². The number of nitrogens with two attached hydrogens (primary N) is 1. The second-order valence-electron chi connectivity index (χ2n) is 4.01. The maximum Gasteiger partial charge on any atom is 0.225 e. The highest BCUT2D eigenvalue weighted by Gasteiger charge is 2.14. The van der Waals surface area contributed by atoms with Crippen molar-refractivity contribution in [2.45, 2.75) is 40.2 Å².